The van der Waals surface area contributed by atoms with Gasteiger partial charge in [-0.1, -0.05) is 24.3 Å². The molecule has 2 N–H and O–H groups in total. The van der Waals surface area contributed by atoms with E-state index >= 15 is 0 Å². The number of hydrogen-bond acceptors (Lipinski definition) is 3. The van der Waals surface area contributed by atoms with Crippen LogP contribution in [-0.4, -0.2) is 27.6 Å². The number of rotatable bonds is 4. The number of H-pyrrole nitrogens is 1. The molecule has 2 rings (SSSR count). The van der Waals surface area contributed by atoms with Crippen LogP contribution in [0.3, 0.4) is 0 Å². The van der Waals surface area contributed by atoms with Crippen LogP contribution in [0.25, 0.3) is 11.4 Å². The summed E-state index contributed by atoms with van der Waals surface area (Å²) in [5, 5.41) is 10.4. The van der Waals surface area contributed by atoms with E-state index in [2.05, 4.69) is 20.5 Å². The lowest BCUT2D eigenvalue weighted by molar-refractivity contribution is -0.118. The molecule has 5 nitrogen and oxygen atoms in total. The van der Waals surface area contributed by atoms with Gasteiger partial charge in [-0.3, -0.25) is 4.79 Å². The molecule has 0 aliphatic carbocycles. The van der Waals surface area contributed by atoms with Gasteiger partial charge < -0.3 is 10.3 Å². The van der Waals surface area contributed by atoms with Gasteiger partial charge in [-0.15, -0.1) is 10.2 Å². The molecular formula is C12H14N4O. The largest absolute Gasteiger partial charge is 0.356 e. The molecule has 0 spiro atoms. The molecule has 1 heterocycles. The van der Waals surface area contributed by atoms with E-state index < -0.39 is 0 Å². The Labute approximate surface area is 99.3 Å². The lowest BCUT2D eigenvalue weighted by Crippen LogP contribution is -2.22. The van der Waals surface area contributed by atoms with Crippen LogP contribution in [0.4, 0.5) is 0 Å². The van der Waals surface area contributed by atoms with Gasteiger partial charge in [0.25, 0.3) is 0 Å². The molecule has 0 saturated carbocycles. The molecule has 0 aliphatic rings. The molecule has 88 valence electrons. The van der Waals surface area contributed by atoms with Gasteiger partial charge in [0.1, 0.15) is 6.33 Å². The molecule has 0 bridgehead atoms. The van der Waals surface area contributed by atoms with Crippen molar-refractivity contribution in [2.24, 2.45) is 0 Å². The second-order valence-electron chi connectivity index (χ2n) is 3.77. The number of nitrogens with zero attached hydrogens (tertiary/aromatic N) is 2. The molecule has 0 aliphatic heterocycles. The van der Waals surface area contributed by atoms with Gasteiger partial charge >= 0.3 is 0 Å². The summed E-state index contributed by atoms with van der Waals surface area (Å²) in [5.74, 6) is 0.765. The maximum atomic E-state index is 10.7. The fourth-order valence-corrected chi connectivity index (χ4v) is 1.56. The number of aromatic amines is 1. The van der Waals surface area contributed by atoms with Gasteiger partial charge in [0, 0.05) is 19.0 Å². The van der Waals surface area contributed by atoms with Gasteiger partial charge in [-0.2, -0.15) is 0 Å². The van der Waals surface area contributed by atoms with Crippen LogP contribution in [0.15, 0.2) is 30.6 Å². The Hall–Kier alpha value is -2.17. The number of carbonyl (C=O) groups is 1. The first kappa shape index (κ1) is 11.3. The predicted molar refractivity (Wildman–Crippen MR) is 64.2 cm³/mol. The molecule has 0 radical (unpaired) electrons. The van der Waals surface area contributed by atoms with Crippen LogP contribution in [0, 0.1) is 0 Å². The van der Waals surface area contributed by atoms with Crippen LogP contribution >= 0.6 is 0 Å². The van der Waals surface area contributed by atoms with Crippen LogP contribution in [0.5, 0.6) is 0 Å². The zero-order chi connectivity index (χ0) is 12.1. The Morgan fingerprint density at radius 3 is 2.71 bits per heavy atom. The number of amides is 1. The fraction of sp³-hybridized carbons (Fsp3) is 0.250. The second-order valence-corrected chi connectivity index (χ2v) is 3.77. The Balaban J connectivity index is 1.96. The summed E-state index contributed by atoms with van der Waals surface area (Å²) in [5.41, 5.74) is 2.19. The zero-order valence-electron chi connectivity index (χ0n) is 9.60. The molecule has 0 atom stereocenters. The number of hydrogen-bond donors (Lipinski definition) is 2. The Morgan fingerprint density at radius 2 is 2.12 bits per heavy atom. The summed E-state index contributed by atoms with van der Waals surface area (Å²) in [7, 11) is 0. The van der Waals surface area contributed by atoms with Crippen molar-refractivity contribution in [3.63, 3.8) is 0 Å². The first-order valence-corrected chi connectivity index (χ1v) is 5.45. The first-order chi connectivity index (χ1) is 8.25. The minimum atomic E-state index is 0.00304. The molecule has 1 aromatic carbocycles. The van der Waals surface area contributed by atoms with E-state index in [0.717, 1.165) is 17.8 Å². The van der Waals surface area contributed by atoms with E-state index in [4.69, 9.17) is 0 Å². The Bertz CT molecular complexity index is 476. The SMILES string of the molecule is CC(=O)NCCc1ccc(-c2nnc[nH]2)cc1. The third-order valence-electron chi connectivity index (χ3n) is 2.43. The van der Waals surface area contributed by atoms with Gasteiger partial charge in [-0.05, 0) is 12.0 Å². The van der Waals surface area contributed by atoms with Gasteiger partial charge in [0.2, 0.25) is 5.91 Å². The Kier molecular flexibility index (Phi) is 3.49. The molecule has 17 heavy (non-hydrogen) atoms. The smallest absolute Gasteiger partial charge is 0.216 e. The van der Waals surface area contributed by atoms with Crippen molar-refractivity contribution in [3.8, 4) is 11.4 Å². The van der Waals surface area contributed by atoms with E-state index in [1.165, 1.54) is 12.5 Å². The molecule has 0 unspecified atom stereocenters. The van der Waals surface area contributed by atoms with Crippen LogP contribution in [0.1, 0.15) is 12.5 Å². The summed E-state index contributed by atoms with van der Waals surface area (Å²) in [6, 6.07) is 8.03. The van der Waals surface area contributed by atoms with Crippen LogP contribution in [-0.2, 0) is 11.2 Å². The van der Waals surface area contributed by atoms with Gasteiger partial charge in [-0.25, -0.2) is 0 Å². The summed E-state index contributed by atoms with van der Waals surface area (Å²) >= 11 is 0. The zero-order valence-corrected chi connectivity index (χ0v) is 9.60. The topological polar surface area (TPSA) is 70.7 Å². The van der Waals surface area contributed by atoms with Crippen LogP contribution < -0.4 is 5.32 Å². The van der Waals surface area contributed by atoms with Gasteiger partial charge in [0.05, 0.1) is 0 Å². The van der Waals surface area contributed by atoms with Crippen LogP contribution in [0.2, 0.25) is 0 Å². The van der Waals surface area contributed by atoms with E-state index in [-0.39, 0.29) is 5.91 Å². The molecule has 0 saturated heterocycles. The molecule has 1 amide bonds. The van der Waals surface area contributed by atoms with E-state index in [1.54, 1.807) is 6.33 Å². The van der Waals surface area contributed by atoms with Crippen molar-refractivity contribution in [1.29, 1.82) is 0 Å². The minimum Gasteiger partial charge on any atom is -0.356 e. The summed E-state index contributed by atoms with van der Waals surface area (Å²) in [6.07, 6.45) is 2.39. The molecule has 0 fully saturated rings. The standard InChI is InChI=1S/C12H14N4O/c1-9(17)13-7-6-10-2-4-11(5-3-10)12-14-8-15-16-12/h2-5,8H,6-7H2,1H3,(H,13,17)(H,14,15,16). The molecule has 5 heteroatoms. The summed E-state index contributed by atoms with van der Waals surface area (Å²) < 4.78 is 0. The quantitative estimate of drug-likeness (QED) is 0.827. The average Bonchev–Trinajstić information content (AvgIpc) is 2.83. The summed E-state index contributed by atoms with van der Waals surface area (Å²) in [6.45, 7) is 2.18. The van der Waals surface area contributed by atoms with E-state index in [9.17, 15) is 4.79 Å². The number of benzene rings is 1. The third kappa shape index (κ3) is 3.14. The average molecular weight is 230 g/mol. The fourth-order valence-electron chi connectivity index (χ4n) is 1.56. The lowest BCUT2D eigenvalue weighted by atomic mass is 10.1. The van der Waals surface area contributed by atoms with Gasteiger partial charge in [0.15, 0.2) is 5.82 Å². The highest BCUT2D eigenvalue weighted by Gasteiger charge is 2.00. The monoisotopic (exact) mass is 230 g/mol. The third-order valence-corrected chi connectivity index (χ3v) is 2.43. The Morgan fingerprint density at radius 1 is 1.35 bits per heavy atom. The highest BCUT2D eigenvalue weighted by Crippen LogP contribution is 2.14. The predicted octanol–water partition coefficient (Wildman–Crippen LogP) is 1.15. The van der Waals surface area contributed by atoms with Crippen molar-refractivity contribution in [2.75, 3.05) is 6.54 Å². The number of carbonyl (C=O) groups excluding carboxylic acids is 1. The maximum absolute atomic E-state index is 10.7. The maximum Gasteiger partial charge on any atom is 0.216 e. The van der Waals surface area contributed by atoms with Crippen molar-refractivity contribution in [1.82, 2.24) is 20.5 Å². The van der Waals surface area contributed by atoms with Crippen molar-refractivity contribution >= 4 is 5.91 Å². The number of nitrogens with one attached hydrogen (secondary N) is 2. The van der Waals surface area contributed by atoms with E-state index in [0.29, 0.717) is 6.54 Å². The second kappa shape index (κ2) is 5.25. The number of aromatic nitrogens is 3. The molecule has 2 aromatic rings. The highest BCUT2D eigenvalue weighted by atomic mass is 16.1. The summed E-state index contributed by atoms with van der Waals surface area (Å²) in [4.78, 5) is 13.7. The van der Waals surface area contributed by atoms with Crippen molar-refractivity contribution in [2.45, 2.75) is 13.3 Å². The highest BCUT2D eigenvalue weighted by molar-refractivity contribution is 5.72. The van der Waals surface area contributed by atoms with E-state index in [1.807, 2.05) is 24.3 Å². The van der Waals surface area contributed by atoms with Crippen molar-refractivity contribution in [3.05, 3.63) is 36.2 Å². The molecular weight excluding hydrogens is 216 g/mol. The lowest BCUT2D eigenvalue weighted by Gasteiger charge is -2.03. The first-order valence-electron chi connectivity index (χ1n) is 5.45. The molecule has 1 aromatic heterocycles. The van der Waals surface area contributed by atoms with Crippen molar-refractivity contribution < 1.29 is 4.79 Å². The minimum absolute atomic E-state index is 0.00304. The normalized spacial score (nSPS) is 10.2.